The van der Waals surface area contributed by atoms with Crippen molar-refractivity contribution in [3.8, 4) is 0 Å². The van der Waals surface area contributed by atoms with Gasteiger partial charge in [-0.1, -0.05) is 0 Å². The minimum absolute atomic E-state index is 0. The number of hydrogen-bond acceptors (Lipinski definition) is 0. The molecule has 0 nitrogen and oxygen atoms in total. The topological polar surface area (TPSA) is 0 Å². The molecule has 13 heavy (non-hydrogen) atoms. The van der Waals surface area contributed by atoms with Crippen LogP contribution in [0, 0.1) is 39.3 Å². The molecule has 0 aliphatic rings. The van der Waals surface area contributed by atoms with Crippen molar-refractivity contribution in [2.24, 2.45) is 0 Å². The number of rotatable bonds is 0. The third-order valence-electron chi connectivity index (χ3n) is 2.44. The van der Waals surface area contributed by atoms with Crippen molar-refractivity contribution >= 4 is 0 Å². The van der Waals surface area contributed by atoms with Crippen LogP contribution in [0.15, 0.2) is 0 Å². The second kappa shape index (κ2) is 3.81. The largest absolute Gasteiger partial charge is 0.269 e. The van der Waals surface area contributed by atoms with Gasteiger partial charge in [0.2, 0.25) is 0 Å². The van der Waals surface area contributed by atoms with E-state index in [9.17, 15) is 8.78 Å². The summed E-state index contributed by atoms with van der Waals surface area (Å²) >= 11 is 0. The van der Waals surface area contributed by atoms with Gasteiger partial charge in [-0.15, -0.1) is 0 Å². The molecule has 0 N–H and O–H groups in total. The predicted molar refractivity (Wildman–Crippen MR) is 47.8 cm³/mol. The lowest BCUT2D eigenvalue weighted by Gasteiger charge is -2.10. The van der Waals surface area contributed by atoms with Crippen molar-refractivity contribution in [3.63, 3.8) is 0 Å². The van der Waals surface area contributed by atoms with Crippen molar-refractivity contribution in [2.75, 3.05) is 0 Å². The molecule has 0 spiro atoms. The smallest absolute Gasteiger partial charge is 0.132 e. The Morgan fingerprint density at radius 3 is 1.23 bits per heavy atom. The zero-order valence-corrected chi connectivity index (χ0v) is 8.16. The van der Waals surface area contributed by atoms with Gasteiger partial charge in [-0.3, -0.25) is 4.70 Å². The second-order valence-electron chi connectivity index (χ2n) is 3.13. The van der Waals surface area contributed by atoms with E-state index < -0.39 is 11.6 Å². The van der Waals surface area contributed by atoms with Gasteiger partial charge in [-0.2, -0.15) is 0 Å². The lowest BCUT2D eigenvalue weighted by atomic mass is 9.99. The molecule has 0 radical (unpaired) electrons. The van der Waals surface area contributed by atoms with Gasteiger partial charge in [0.1, 0.15) is 11.6 Å². The third kappa shape index (κ3) is 1.69. The fourth-order valence-electron chi connectivity index (χ4n) is 1.27. The maximum Gasteiger partial charge on any atom is 0.132 e. The Bertz CT molecular complexity index is 224. The summed E-state index contributed by atoms with van der Waals surface area (Å²) in [5, 5.41) is 0. The Labute approximate surface area is 76.0 Å². The molecule has 0 unspecified atom stereocenters. The third-order valence-corrected chi connectivity index (χ3v) is 2.44. The van der Waals surface area contributed by atoms with E-state index in [0.29, 0.717) is 16.7 Å². The molecule has 1 aromatic rings. The maximum absolute atomic E-state index is 13.2. The Morgan fingerprint density at radius 2 is 0.923 bits per heavy atom. The molecule has 0 saturated carbocycles. The van der Waals surface area contributed by atoms with Gasteiger partial charge in [0, 0.05) is 5.56 Å². The molecular formula is C10H13F3. The van der Waals surface area contributed by atoms with Crippen molar-refractivity contribution in [2.45, 2.75) is 27.7 Å². The molecule has 3 heteroatoms. The zero-order valence-electron chi connectivity index (χ0n) is 8.16. The van der Waals surface area contributed by atoms with Crippen LogP contribution in [0.2, 0.25) is 0 Å². The highest BCUT2D eigenvalue weighted by atomic mass is 19.1. The lowest BCUT2D eigenvalue weighted by molar-refractivity contribution is 0.554. The maximum atomic E-state index is 13.2. The van der Waals surface area contributed by atoms with Gasteiger partial charge < -0.3 is 0 Å². The first-order valence-corrected chi connectivity index (χ1v) is 3.88. The minimum atomic E-state index is -0.421. The molecule has 1 aromatic carbocycles. The Balaban J connectivity index is 0.00000144. The highest BCUT2D eigenvalue weighted by Crippen LogP contribution is 2.23. The summed E-state index contributed by atoms with van der Waals surface area (Å²) in [6.07, 6.45) is 0. The van der Waals surface area contributed by atoms with E-state index >= 15 is 0 Å². The molecule has 1 rings (SSSR count). The van der Waals surface area contributed by atoms with Crippen LogP contribution in [0.3, 0.4) is 0 Å². The van der Waals surface area contributed by atoms with Gasteiger partial charge in [0.25, 0.3) is 0 Å². The Morgan fingerprint density at radius 1 is 0.615 bits per heavy atom. The standard InChI is InChI=1S/C10H12F2.FH/c1-5-6(2)9(11)8(4)10(12)7(5)3;/h1-4H3;1H. The number of hydrogen-bond donors (Lipinski definition) is 0. The highest BCUT2D eigenvalue weighted by molar-refractivity contribution is 5.39. The predicted octanol–water partition coefficient (Wildman–Crippen LogP) is 3.35. The summed E-state index contributed by atoms with van der Waals surface area (Å²) in [6, 6.07) is 0. The van der Waals surface area contributed by atoms with Gasteiger partial charge >= 0.3 is 0 Å². The number of halogens is 3. The zero-order chi connectivity index (χ0) is 9.46. The average molecular weight is 190 g/mol. The summed E-state index contributed by atoms with van der Waals surface area (Å²) in [7, 11) is 0. The molecule has 0 aliphatic heterocycles. The fourth-order valence-corrected chi connectivity index (χ4v) is 1.27. The van der Waals surface area contributed by atoms with Crippen molar-refractivity contribution < 1.29 is 13.5 Å². The van der Waals surface area contributed by atoms with E-state index in [-0.39, 0.29) is 10.3 Å². The summed E-state index contributed by atoms with van der Waals surface area (Å²) in [6.45, 7) is 6.54. The average Bonchev–Trinajstić information content (AvgIpc) is 2.08. The number of benzene rings is 1. The SMILES string of the molecule is Cc1c(C)c(F)c(C)c(F)c1C.F. The molecule has 0 aliphatic carbocycles. The second-order valence-corrected chi connectivity index (χ2v) is 3.13. The quantitative estimate of drug-likeness (QED) is 0.588. The van der Waals surface area contributed by atoms with Gasteiger partial charge in [-0.05, 0) is 44.4 Å². The lowest BCUT2D eigenvalue weighted by Crippen LogP contribution is -2.00. The van der Waals surface area contributed by atoms with Crippen LogP contribution >= 0.6 is 0 Å². The first-order valence-electron chi connectivity index (χ1n) is 3.88. The molecule has 0 aromatic heterocycles. The minimum Gasteiger partial charge on any atom is -0.269 e. The molecule has 0 bridgehead atoms. The van der Waals surface area contributed by atoms with Crippen LogP contribution in [-0.2, 0) is 0 Å². The van der Waals surface area contributed by atoms with E-state index in [1.807, 2.05) is 0 Å². The summed E-state index contributed by atoms with van der Waals surface area (Å²) in [5.41, 5.74) is 1.92. The van der Waals surface area contributed by atoms with E-state index in [1.165, 1.54) is 6.92 Å². The fraction of sp³-hybridized carbons (Fsp3) is 0.400. The first-order chi connectivity index (χ1) is 5.46. The normalized spacial score (nSPS) is 9.69. The first kappa shape index (κ1) is 12.0. The Kier molecular flexibility index (Phi) is 3.52. The summed E-state index contributed by atoms with van der Waals surface area (Å²) < 4.78 is 26.4. The molecule has 0 atom stereocenters. The monoisotopic (exact) mass is 190 g/mol. The van der Waals surface area contributed by atoms with Crippen LogP contribution in [-0.4, -0.2) is 0 Å². The molecule has 0 saturated heterocycles. The van der Waals surface area contributed by atoms with Crippen molar-refractivity contribution in [1.29, 1.82) is 0 Å². The molecule has 0 amide bonds. The van der Waals surface area contributed by atoms with Crippen molar-refractivity contribution in [3.05, 3.63) is 33.9 Å². The van der Waals surface area contributed by atoms with Gasteiger partial charge in [0.15, 0.2) is 0 Å². The van der Waals surface area contributed by atoms with E-state index in [4.69, 9.17) is 0 Å². The van der Waals surface area contributed by atoms with Crippen LogP contribution in [0.1, 0.15) is 22.3 Å². The molecule has 0 fully saturated rings. The summed E-state index contributed by atoms with van der Waals surface area (Å²) in [5.74, 6) is -0.841. The van der Waals surface area contributed by atoms with Crippen LogP contribution < -0.4 is 0 Å². The highest BCUT2D eigenvalue weighted by Gasteiger charge is 2.13. The van der Waals surface area contributed by atoms with Crippen molar-refractivity contribution in [1.82, 2.24) is 0 Å². The summed E-state index contributed by atoms with van der Waals surface area (Å²) in [4.78, 5) is 0. The van der Waals surface area contributed by atoms with Crippen LogP contribution in [0.5, 0.6) is 0 Å². The van der Waals surface area contributed by atoms with E-state index in [2.05, 4.69) is 0 Å². The van der Waals surface area contributed by atoms with E-state index in [1.54, 1.807) is 20.8 Å². The van der Waals surface area contributed by atoms with Crippen LogP contribution in [0.4, 0.5) is 13.5 Å². The Hall–Kier alpha value is -0.990. The van der Waals surface area contributed by atoms with E-state index in [0.717, 1.165) is 0 Å². The molecule has 0 heterocycles. The molecule has 74 valence electrons. The molecular weight excluding hydrogens is 177 g/mol. The van der Waals surface area contributed by atoms with Gasteiger partial charge in [0.05, 0.1) is 0 Å². The van der Waals surface area contributed by atoms with Gasteiger partial charge in [-0.25, -0.2) is 8.78 Å². The van der Waals surface area contributed by atoms with Crippen LogP contribution in [0.25, 0.3) is 0 Å².